The van der Waals surface area contributed by atoms with E-state index in [0.717, 1.165) is 18.2 Å². The van der Waals surface area contributed by atoms with Crippen LogP contribution in [0.5, 0.6) is 0 Å². The first-order valence-electron chi connectivity index (χ1n) is 5.25. The van der Waals surface area contributed by atoms with E-state index in [9.17, 15) is 18.0 Å². The number of ketones is 1. The van der Waals surface area contributed by atoms with Crippen molar-refractivity contribution in [1.29, 1.82) is 0 Å². The van der Waals surface area contributed by atoms with Gasteiger partial charge in [-0.25, -0.2) is 13.2 Å². The first-order valence-corrected chi connectivity index (χ1v) is 5.25. The van der Waals surface area contributed by atoms with Crippen LogP contribution in [0.1, 0.15) is 17.3 Å². The third-order valence-electron chi connectivity index (χ3n) is 2.60. The molecule has 0 atom stereocenters. The van der Waals surface area contributed by atoms with E-state index in [1.165, 1.54) is 25.1 Å². The molecule has 0 saturated carbocycles. The van der Waals surface area contributed by atoms with Gasteiger partial charge in [-0.1, -0.05) is 6.07 Å². The molecule has 0 aromatic heterocycles. The summed E-state index contributed by atoms with van der Waals surface area (Å²) in [5.41, 5.74) is 0.576. The average molecular weight is 250 g/mol. The number of hydrogen-bond donors (Lipinski definition) is 0. The fraction of sp³-hybridized carbons (Fsp3) is 0.0714. The van der Waals surface area contributed by atoms with Crippen molar-refractivity contribution in [2.75, 3.05) is 0 Å². The molecule has 92 valence electrons. The molecule has 0 aliphatic heterocycles. The van der Waals surface area contributed by atoms with Gasteiger partial charge < -0.3 is 0 Å². The molecule has 0 N–H and O–H groups in total. The summed E-state index contributed by atoms with van der Waals surface area (Å²) in [6.07, 6.45) is 0. The second-order valence-electron chi connectivity index (χ2n) is 3.88. The zero-order valence-corrected chi connectivity index (χ0v) is 9.51. The highest BCUT2D eigenvalue weighted by atomic mass is 19.2. The number of halogens is 3. The van der Waals surface area contributed by atoms with Gasteiger partial charge in [-0.2, -0.15) is 0 Å². The summed E-state index contributed by atoms with van der Waals surface area (Å²) in [6, 6.07) is 6.89. The molecular weight excluding hydrogens is 241 g/mol. The maximum absolute atomic E-state index is 13.6. The van der Waals surface area contributed by atoms with E-state index >= 15 is 0 Å². The molecule has 0 heterocycles. The Morgan fingerprint density at radius 2 is 1.56 bits per heavy atom. The van der Waals surface area contributed by atoms with E-state index in [0.29, 0.717) is 5.56 Å². The molecule has 0 unspecified atom stereocenters. The number of carbonyl (C=O) groups excluding carboxylic acids is 1. The topological polar surface area (TPSA) is 17.1 Å². The largest absolute Gasteiger partial charge is 0.295 e. The third kappa shape index (κ3) is 2.27. The molecule has 0 radical (unpaired) electrons. The first-order chi connectivity index (χ1) is 8.49. The van der Waals surface area contributed by atoms with Crippen molar-refractivity contribution >= 4 is 5.78 Å². The van der Waals surface area contributed by atoms with Crippen LogP contribution >= 0.6 is 0 Å². The lowest BCUT2D eigenvalue weighted by molar-refractivity contribution is 0.101. The molecule has 0 aliphatic rings. The average Bonchev–Trinajstić information content (AvgIpc) is 2.33. The van der Waals surface area contributed by atoms with Gasteiger partial charge in [0, 0.05) is 11.1 Å². The van der Waals surface area contributed by atoms with Crippen molar-refractivity contribution in [2.24, 2.45) is 0 Å². The fourth-order valence-corrected chi connectivity index (χ4v) is 1.63. The number of carbonyl (C=O) groups is 1. The van der Waals surface area contributed by atoms with Crippen molar-refractivity contribution in [2.45, 2.75) is 6.92 Å². The van der Waals surface area contributed by atoms with Gasteiger partial charge in [0.25, 0.3) is 0 Å². The number of rotatable bonds is 2. The summed E-state index contributed by atoms with van der Waals surface area (Å²) in [6.45, 7) is 1.35. The summed E-state index contributed by atoms with van der Waals surface area (Å²) in [5.74, 6) is -2.87. The van der Waals surface area contributed by atoms with Gasteiger partial charge >= 0.3 is 0 Å². The summed E-state index contributed by atoms with van der Waals surface area (Å²) >= 11 is 0. The Hall–Kier alpha value is -2.10. The monoisotopic (exact) mass is 250 g/mol. The summed E-state index contributed by atoms with van der Waals surface area (Å²) in [5, 5.41) is 0. The van der Waals surface area contributed by atoms with Crippen molar-refractivity contribution in [3.05, 3.63) is 59.4 Å². The molecule has 1 nitrogen and oxygen atoms in total. The lowest BCUT2D eigenvalue weighted by atomic mass is 10.0. The van der Waals surface area contributed by atoms with Gasteiger partial charge in [-0.05, 0) is 42.8 Å². The Morgan fingerprint density at radius 3 is 2.17 bits per heavy atom. The van der Waals surface area contributed by atoms with Crippen LogP contribution in [0.3, 0.4) is 0 Å². The molecule has 4 heteroatoms. The highest BCUT2D eigenvalue weighted by molar-refractivity contribution is 5.95. The van der Waals surface area contributed by atoms with Crippen LogP contribution in [0.25, 0.3) is 11.1 Å². The van der Waals surface area contributed by atoms with Gasteiger partial charge in [-0.3, -0.25) is 4.79 Å². The molecule has 0 saturated heterocycles. The van der Waals surface area contributed by atoms with E-state index in [1.54, 1.807) is 0 Å². The zero-order valence-electron chi connectivity index (χ0n) is 9.51. The minimum absolute atomic E-state index is 0.0709. The third-order valence-corrected chi connectivity index (χ3v) is 2.60. The molecule has 2 aromatic rings. The zero-order chi connectivity index (χ0) is 13.3. The molecule has 0 amide bonds. The first kappa shape index (κ1) is 12.4. The van der Waals surface area contributed by atoms with Crippen LogP contribution < -0.4 is 0 Å². The predicted octanol–water partition coefficient (Wildman–Crippen LogP) is 3.97. The highest BCUT2D eigenvalue weighted by Gasteiger charge is 2.11. The summed E-state index contributed by atoms with van der Waals surface area (Å²) < 4.78 is 39.5. The van der Waals surface area contributed by atoms with Gasteiger partial charge in [0.1, 0.15) is 5.82 Å². The second kappa shape index (κ2) is 4.64. The second-order valence-corrected chi connectivity index (χ2v) is 3.88. The predicted molar refractivity (Wildman–Crippen MR) is 61.8 cm³/mol. The Morgan fingerprint density at radius 1 is 0.889 bits per heavy atom. The van der Waals surface area contributed by atoms with E-state index in [2.05, 4.69) is 0 Å². The van der Waals surface area contributed by atoms with Crippen molar-refractivity contribution in [1.82, 2.24) is 0 Å². The van der Waals surface area contributed by atoms with Crippen LogP contribution in [0.4, 0.5) is 13.2 Å². The number of Topliss-reactive ketones (excluding diaryl/α,β-unsaturated/α-hetero) is 1. The van der Waals surface area contributed by atoms with Crippen molar-refractivity contribution in [3.8, 4) is 11.1 Å². The molecule has 0 bridgehead atoms. The maximum atomic E-state index is 13.6. The SMILES string of the molecule is CC(=O)c1ccc(F)c(-c2ccc(F)c(F)c2)c1. The number of benzene rings is 2. The van der Waals surface area contributed by atoms with E-state index in [1.807, 2.05) is 0 Å². The van der Waals surface area contributed by atoms with Gasteiger partial charge in [-0.15, -0.1) is 0 Å². The molecule has 0 spiro atoms. The summed E-state index contributed by atoms with van der Waals surface area (Å²) in [7, 11) is 0. The normalized spacial score (nSPS) is 10.4. The Kier molecular flexibility index (Phi) is 3.19. The van der Waals surface area contributed by atoms with Gasteiger partial charge in [0.15, 0.2) is 17.4 Å². The van der Waals surface area contributed by atoms with Gasteiger partial charge in [0.05, 0.1) is 0 Å². The molecule has 2 aromatic carbocycles. The minimum atomic E-state index is -1.06. The standard InChI is InChI=1S/C14H9F3O/c1-8(18)9-2-4-12(15)11(6-9)10-3-5-13(16)14(17)7-10/h2-7H,1H3. The van der Waals surface area contributed by atoms with Crippen molar-refractivity contribution in [3.63, 3.8) is 0 Å². The van der Waals surface area contributed by atoms with E-state index in [-0.39, 0.29) is 16.9 Å². The van der Waals surface area contributed by atoms with E-state index in [4.69, 9.17) is 0 Å². The minimum Gasteiger partial charge on any atom is -0.295 e. The van der Waals surface area contributed by atoms with E-state index < -0.39 is 17.5 Å². The van der Waals surface area contributed by atoms with Crippen LogP contribution in [0, 0.1) is 17.5 Å². The molecule has 0 fully saturated rings. The van der Waals surface area contributed by atoms with Crippen LogP contribution in [-0.4, -0.2) is 5.78 Å². The quantitative estimate of drug-likeness (QED) is 0.737. The molecule has 2 rings (SSSR count). The van der Waals surface area contributed by atoms with Crippen LogP contribution in [-0.2, 0) is 0 Å². The Labute approximate surface area is 102 Å². The summed E-state index contributed by atoms with van der Waals surface area (Å²) in [4.78, 5) is 11.2. The van der Waals surface area contributed by atoms with Gasteiger partial charge in [0.2, 0.25) is 0 Å². The molecule has 18 heavy (non-hydrogen) atoms. The van der Waals surface area contributed by atoms with Crippen molar-refractivity contribution < 1.29 is 18.0 Å². The highest BCUT2D eigenvalue weighted by Crippen LogP contribution is 2.25. The maximum Gasteiger partial charge on any atom is 0.159 e. The molecule has 0 aliphatic carbocycles. The molecular formula is C14H9F3O. The lowest BCUT2D eigenvalue weighted by Gasteiger charge is -2.06. The Balaban J connectivity index is 2.58. The number of hydrogen-bond acceptors (Lipinski definition) is 1. The Bertz CT molecular complexity index is 620. The lowest BCUT2D eigenvalue weighted by Crippen LogP contribution is -1.95. The van der Waals surface area contributed by atoms with Crippen LogP contribution in [0.2, 0.25) is 0 Å². The smallest absolute Gasteiger partial charge is 0.159 e. The van der Waals surface area contributed by atoms with Crippen LogP contribution in [0.15, 0.2) is 36.4 Å². The fourth-order valence-electron chi connectivity index (χ4n) is 1.63.